The highest BCUT2D eigenvalue weighted by Gasteiger charge is 2.37. The number of anilines is 1. The highest BCUT2D eigenvalue weighted by molar-refractivity contribution is 6.52. The fraction of sp³-hybridized carbons (Fsp3) is 0.286. The largest absolute Gasteiger partial charge is 0.299 e. The molecule has 0 aliphatic carbocycles. The van der Waals surface area contributed by atoms with E-state index in [0.29, 0.717) is 17.1 Å². The van der Waals surface area contributed by atoms with Crippen molar-refractivity contribution < 1.29 is 9.59 Å². The number of carbonyl (C=O) groups excluding carboxylic acids is 2. The van der Waals surface area contributed by atoms with Gasteiger partial charge in [0.1, 0.15) is 12.2 Å². The third-order valence-electron chi connectivity index (χ3n) is 3.50. The van der Waals surface area contributed by atoms with Gasteiger partial charge in [-0.2, -0.15) is 5.10 Å². The minimum Gasteiger partial charge on any atom is -0.297 e. The minimum atomic E-state index is -0.503. The molecule has 3 rings (SSSR count). The summed E-state index contributed by atoms with van der Waals surface area (Å²) >= 11 is 0. The lowest BCUT2D eigenvalue weighted by atomic mass is 10.0. The molecule has 6 heteroatoms. The Bertz CT molecular complexity index is 733. The smallest absolute Gasteiger partial charge is 0.297 e. The average Bonchev–Trinajstić information content (AvgIpc) is 2.88. The van der Waals surface area contributed by atoms with Crippen LogP contribution in [-0.4, -0.2) is 26.5 Å². The van der Waals surface area contributed by atoms with E-state index in [1.165, 1.54) is 11.2 Å². The number of nitrogens with zero attached hydrogens (tertiary/aromatic N) is 4. The predicted octanol–water partition coefficient (Wildman–Crippen LogP) is 1.16. The van der Waals surface area contributed by atoms with Gasteiger partial charge in [-0.05, 0) is 31.0 Å². The molecule has 0 saturated carbocycles. The third-order valence-corrected chi connectivity index (χ3v) is 3.50. The second kappa shape index (κ2) is 4.26. The van der Waals surface area contributed by atoms with Gasteiger partial charge >= 0.3 is 0 Å². The summed E-state index contributed by atoms with van der Waals surface area (Å²) in [6.45, 7) is 4.07. The van der Waals surface area contributed by atoms with E-state index in [0.717, 1.165) is 11.1 Å². The number of hydrogen-bond acceptors (Lipinski definition) is 4. The molecule has 2 heterocycles. The number of fused-ring (bicyclic) bond motifs is 1. The number of benzene rings is 1. The van der Waals surface area contributed by atoms with Gasteiger partial charge in [-0.3, -0.25) is 19.2 Å². The monoisotopic (exact) mass is 270 g/mol. The first-order chi connectivity index (χ1) is 9.49. The van der Waals surface area contributed by atoms with Gasteiger partial charge in [0.2, 0.25) is 0 Å². The molecule has 1 aromatic carbocycles. The van der Waals surface area contributed by atoms with E-state index < -0.39 is 11.7 Å². The van der Waals surface area contributed by atoms with Crippen molar-refractivity contribution in [3.05, 3.63) is 41.0 Å². The van der Waals surface area contributed by atoms with Crippen LogP contribution in [0.2, 0.25) is 0 Å². The predicted molar refractivity (Wildman–Crippen MR) is 72.4 cm³/mol. The van der Waals surface area contributed by atoms with E-state index in [1.807, 2.05) is 19.9 Å². The summed E-state index contributed by atoms with van der Waals surface area (Å²) in [5.41, 5.74) is 3.06. The first-order valence-corrected chi connectivity index (χ1v) is 6.29. The lowest BCUT2D eigenvalue weighted by molar-refractivity contribution is -0.114. The number of carbonyl (C=O) groups is 2. The average molecular weight is 270 g/mol. The maximum Gasteiger partial charge on any atom is 0.299 e. The molecule has 6 nitrogen and oxygen atoms in total. The maximum absolute atomic E-state index is 12.2. The van der Waals surface area contributed by atoms with Crippen LogP contribution in [0.5, 0.6) is 0 Å². The molecule has 0 bridgehead atoms. The van der Waals surface area contributed by atoms with Crippen LogP contribution in [0.3, 0.4) is 0 Å². The first kappa shape index (κ1) is 12.5. The van der Waals surface area contributed by atoms with Crippen LogP contribution < -0.4 is 4.90 Å². The van der Waals surface area contributed by atoms with Crippen LogP contribution in [-0.2, 0) is 18.4 Å². The zero-order chi connectivity index (χ0) is 14.4. The minimum absolute atomic E-state index is 0.248. The molecule has 0 unspecified atom stereocenters. The summed E-state index contributed by atoms with van der Waals surface area (Å²) in [6, 6.07) is 3.73. The molecule has 2 aromatic rings. The Hall–Kier alpha value is -2.50. The summed E-state index contributed by atoms with van der Waals surface area (Å²) in [5, 5.41) is 3.98. The van der Waals surface area contributed by atoms with E-state index in [9.17, 15) is 9.59 Å². The summed E-state index contributed by atoms with van der Waals surface area (Å²) in [6.07, 6.45) is 1.43. The molecule has 102 valence electrons. The number of aryl methyl sites for hydroxylation is 3. The van der Waals surface area contributed by atoms with Crippen molar-refractivity contribution in [1.82, 2.24) is 14.8 Å². The fourth-order valence-corrected chi connectivity index (χ4v) is 2.59. The van der Waals surface area contributed by atoms with Crippen LogP contribution in [0, 0.1) is 13.8 Å². The zero-order valence-corrected chi connectivity index (χ0v) is 11.5. The van der Waals surface area contributed by atoms with Crippen molar-refractivity contribution in [2.75, 3.05) is 4.90 Å². The summed E-state index contributed by atoms with van der Waals surface area (Å²) in [7, 11) is 1.76. The lowest BCUT2D eigenvalue weighted by Gasteiger charge is -2.18. The van der Waals surface area contributed by atoms with E-state index >= 15 is 0 Å². The Labute approximate surface area is 116 Å². The van der Waals surface area contributed by atoms with Crippen molar-refractivity contribution in [3.8, 4) is 0 Å². The van der Waals surface area contributed by atoms with Gasteiger partial charge in [-0.15, -0.1) is 0 Å². The van der Waals surface area contributed by atoms with E-state index in [1.54, 1.807) is 17.8 Å². The number of ketones is 1. The third kappa shape index (κ3) is 1.72. The molecule has 1 aliphatic heterocycles. The van der Waals surface area contributed by atoms with Crippen molar-refractivity contribution in [2.24, 2.45) is 7.05 Å². The van der Waals surface area contributed by atoms with Gasteiger partial charge in [0, 0.05) is 7.05 Å². The Morgan fingerprint density at radius 3 is 2.60 bits per heavy atom. The number of Topliss-reactive ketones (excluding diaryl/α,β-unsaturated/α-hetero) is 1. The highest BCUT2D eigenvalue weighted by Crippen LogP contribution is 2.34. The molecule has 0 N–H and O–H groups in total. The molecule has 1 aromatic heterocycles. The van der Waals surface area contributed by atoms with Gasteiger partial charge in [-0.1, -0.05) is 6.07 Å². The Morgan fingerprint density at radius 1 is 1.20 bits per heavy atom. The molecule has 0 saturated heterocycles. The van der Waals surface area contributed by atoms with Gasteiger partial charge in [0.05, 0.1) is 17.8 Å². The van der Waals surface area contributed by atoms with E-state index in [-0.39, 0.29) is 6.54 Å². The summed E-state index contributed by atoms with van der Waals surface area (Å²) in [4.78, 5) is 29.9. The SMILES string of the molecule is Cc1cc(C)c2c(c1)C(=O)C(=O)N2Cc1ncnn1C. The number of rotatable bonds is 2. The van der Waals surface area contributed by atoms with Crippen LogP contribution in [0.15, 0.2) is 18.5 Å². The summed E-state index contributed by atoms with van der Waals surface area (Å²) < 4.78 is 1.60. The van der Waals surface area contributed by atoms with Crippen molar-refractivity contribution in [2.45, 2.75) is 20.4 Å². The lowest BCUT2D eigenvalue weighted by Crippen LogP contribution is -2.30. The van der Waals surface area contributed by atoms with E-state index in [4.69, 9.17) is 0 Å². The normalized spacial score (nSPS) is 14.1. The second-order valence-corrected chi connectivity index (χ2v) is 5.00. The molecule has 0 spiro atoms. The van der Waals surface area contributed by atoms with Crippen LogP contribution in [0.4, 0.5) is 5.69 Å². The maximum atomic E-state index is 12.2. The number of amides is 1. The fourth-order valence-electron chi connectivity index (χ4n) is 2.59. The van der Waals surface area contributed by atoms with Crippen molar-refractivity contribution >= 4 is 17.4 Å². The van der Waals surface area contributed by atoms with Crippen LogP contribution in [0.25, 0.3) is 0 Å². The Balaban J connectivity index is 2.09. The molecule has 1 aliphatic rings. The van der Waals surface area contributed by atoms with Gasteiger partial charge in [0.15, 0.2) is 0 Å². The molecule has 0 fully saturated rings. The quantitative estimate of drug-likeness (QED) is 0.768. The first-order valence-electron chi connectivity index (χ1n) is 6.29. The zero-order valence-electron chi connectivity index (χ0n) is 11.5. The van der Waals surface area contributed by atoms with E-state index in [2.05, 4.69) is 10.1 Å². The number of hydrogen-bond donors (Lipinski definition) is 0. The van der Waals surface area contributed by atoms with Crippen LogP contribution in [0.1, 0.15) is 27.3 Å². The Morgan fingerprint density at radius 2 is 1.95 bits per heavy atom. The standard InChI is InChI=1S/C14H14N4O2/c1-8-4-9(2)12-10(5-8)13(19)14(20)18(12)6-11-15-7-16-17(11)3/h4-5,7H,6H2,1-3H3. The topological polar surface area (TPSA) is 68.1 Å². The Kier molecular flexibility index (Phi) is 2.67. The van der Waals surface area contributed by atoms with Gasteiger partial charge < -0.3 is 0 Å². The molecular formula is C14H14N4O2. The molecule has 0 radical (unpaired) electrons. The second-order valence-electron chi connectivity index (χ2n) is 5.00. The molecular weight excluding hydrogens is 256 g/mol. The van der Waals surface area contributed by atoms with Crippen molar-refractivity contribution in [3.63, 3.8) is 0 Å². The van der Waals surface area contributed by atoms with Crippen LogP contribution >= 0.6 is 0 Å². The van der Waals surface area contributed by atoms with Gasteiger partial charge in [0.25, 0.3) is 11.7 Å². The number of aromatic nitrogens is 3. The summed E-state index contributed by atoms with van der Waals surface area (Å²) in [5.74, 6) is -0.315. The highest BCUT2D eigenvalue weighted by atomic mass is 16.2. The van der Waals surface area contributed by atoms with Gasteiger partial charge in [-0.25, -0.2) is 4.98 Å². The molecule has 0 atom stereocenters. The molecule has 1 amide bonds. The molecule has 20 heavy (non-hydrogen) atoms. The van der Waals surface area contributed by atoms with Crippen molar-refractivity contribution in [1.29, 1.82) is 0 Å².